The quantitative estimate of drug-likeness (QED) is 0.331. The number of nitrogens with zero attached hydrogens (tertiary/aromatic N) is 4. The van der Waals surface area contributed by atoms with E-state index in [1.165, 1.54) is 24.9 Å². The second kappa shape index (κ2) is 9.28. The third-order valence-electron chi connectivity index (χ3n) is 5.74. The molecule has 8 heteroatoms. The Morgan fingerprint density at radius 3 is 3.00 bits per heavy atom. The molecule has 0 aliphatic carbocycles. The number of fused-ring (bicyclic) bond motifs is 1. The number of hydrogen-bond donors (Lipinski definition) is 1. The van der Waals surface area contributed by atoms with Gasteiger partial charge in [-0.1, -0.05) is 29.8 Å². The Morgan fingerprint density at radius 1 is 1.26 bits per heavy atom. The lowest BCUT2D eigenvalue weighted by molar-refractivity contribution is 0.173. The molecule has 4 aromatic rings. The fourth-order valence-electron chi connectivity index (χ4n) is 4.22. The molecule has 4 heterocycles. The lowest BCUT2D eigenvalue weighted by Crippen LogP contribution is -2.37. The number of thiophene rings is 1. The minimum Gasteiger partial charge on any atom is -0.370 e. The Kier molecular flexibility index (Phi) is 6.27. The SMILES string of the molecule is Clc1ccccc1-c1cc(NCC2CCCN(Cc3ccsc3)C2)n2ncc(Br)c2n1. The van der Waals surface area contributed by atoms with Gasteiger partial charge in [0.25, 0.3) is 0 Å². The Hall–Kier alpha value is -1.93. The number of halogens is 2. The Balaban J connectivity index is 1.35. The highest BCUT2D eigenvalue weighted by Crippen LogP contribution is 2.30. The summed E-state index contributed by atoms with van der Waals surface area (Å²) in [5.41, 5.74) is 3.95. The van der Waals surface area contributed by atoms with Crippen LogP contribution in [0.4, 0.5) is 5.82 Å². The second-order valence-corrected chi connectivity index (χ2v) is 10.0. The van der Waals surface area contributed by atoms with Gasteiger partial charge in [0.15, 0.2) is 5.65 Å². The van der Waals surface area contributed by atoms with Crippen molar-refractivity contribution in [3.05, 3.63) is 68.4 Å². The van der Waals surface area contributed by atoms with Crippen LogP contribution in [0, 0.1) is 5.92 Å². The highest BCUT2D eigenvalue weighted by molar-refractivity contribution is 9.10. The highest BCUT2D eigenvalue weighted by Gasteiger charge is 2.21. The molecule has 5 nitrogen and oxygen atoms in total. The van der Waals surface area contributed by atoms with E-state index < -0.39 is 0 Å². The van der Waals surface area contributed by atoms with Crippen molar-refractivity contribution in [3.63, 3.8) is 0 Å². The summed E-state index contributed by atoms with van der Waals surface area (Å²) < 4.78 is 2.72. The normalized spacial score (nSPS) is 17.3. The van der Waals surface area contributed by atoms with Gasteiger partial charge in [0.2, 0.25) is 0 Å². The summed E-state index contributed by atoms with van der Waals surface area (Å²) in [6, 6.07) is 12.1. The fourth-order valence-corrected chi connectivity index (χ4v) is 5.46. The van der Waals surface area contributed by atoms with Crippen LogP contribution in [0.5, 0.6) is 0 Å². The zero-order valence-electron chi connectivity index (χ0n) is 17.0. The van der Waals surface area contributed by atoms with Crippen LogP contribution in [0.25, 0.3) is 16.9 Å². The maximum Gasteiger partial charge on any atom is 0.172 e. The fraction of sp³-hybridized carbons (Fsp3) is 0.304. The van der Waals surface area contributed by atoms with Gasteiger partial charge in [0.1, 0.15) is 5.82 Å². The first-order chi connectivity index (χ1) is 15.2. The molecule has 160 valence electrons. The first-order valence-electron chi connectivity index (χ1n) is 10.4. The average molecular weight is 517 g/mol. The number of aromatic nitrogens is 3. The van der Waals surface area contributed by atoms with Crippen LogP contribution in [-0.4, -0.2) is 39.1 Å². The third kappa shape index (κ3) is 4.65. The van der Waals surface area contributed by atoms with Gasteiger partial charge in [-0.15, -0.1) is 0 Å². The van der Waals surface area contributed by atoms with E-state index >= 15 is 0 Å². The Labute approximate surface area is 199 Å². The van der Waals surface area contributed by atoms with Gasteiger partial charge in [-0.2, -0.15) is 21.0 Å². The van der Waals surface area contributed by atoms with Crippen molar-refractivity contribution in [2.24, 2.45) is 5.92 Å². The van der Waals surface area contributed by atoms with E-state index in [-0.39, 0.29) is 0 Å². The number of anilines is 1. The summed E-state index contributed by atoms with van der Waals surface area (Å²) in [7, 11) is 0. The second-order valence-electron chi connectivity index (χ2n) is 7.99. The van der Waals surface area contributed by atoms with Gasteiger partial charge in [0, 0.05) is 36.3 Å². The largest absolute Gasteiger partial charge is 0.370 e. The first kappa shape index (κ1) is 20.9. The van der Waals surface area contributed by atoms with Gasteiger partial charge in [-0.05, 0) is 69.7 Å². The zero-order chi connectivity index (χ0) is 21.2. The Morgan fingerprint density at radius 2 is 2.16 bits per heavy atom. The molecule has 1 aliphatic heterocycles. The van der Waals surface area contributed by atoms with E-state index in [1.807, 2.05) is 34.8 Å². The average Bonchev–Trinajstić information content (AvgIpc) is 3.43. The summed E-state index contributed by atoms with van der Waals surface area (Å²) in [6.45, 7) is 4.23. The van der Waals surface area contributed by atoms with Gasteiger partial charge in [-0.3, -0.25) is 4.90 Å². The molecule has 3 aromatic heterocycles. The van der Waals surface area contributed by atoms with Crippen LogP contribution in [0.1, 0.15) is 18.4 Å². The molecule has 0 amide bonds. The van der Waals surface area contributed by atoms with E-state index in [0.717, 1.165) is 46.8 Å². The van der Waals surface area contributed by atoms with Crippen LogP contribution in [-0.2, 0) is 6.54 Å². The number of nitrogens with one attached hydrogen (secondary N) is 1. The molecule has 1 saturated heterocycles. The van der Waals surface area contributed by atoms with Gasteiger partial charge < -0.3 is 5.32 Å². The van der Waals surface area contributed by atoms with Crippen LogP contribution in [0.3, 0.4) is 0 Å². The third-order valence-corrected chi connectivity index (χ3v) is 7.36. The minimum absolute atomic E-state index is 0.596. The highest BCUT2D eigenvalue weighted by atomic mass is 79.9. The number of benzene rings is 1. The standard InChI is InChI=1S/C23H23BrClN5S/c24-19-12-27-30-22(10-21(28-23(19)30)18-5-1-2-6-20(18)25)26-11-16-4-3-8-29(13-16)14-17-7-9-31-15-17/h1-2,5-7,9-10,12,15-16,26H,3-4,8,11,13-14H2. The minimum atomic E-state index is 0.596. The lowest BCUT2D eigenvalue weighted by Gasteiger charge is -2.32. The van der Waals surface area contributed by atoms with Crippen molar-refractivity contribution in [2.75, 3.05) is 25.0 Å². The van der Waals surface area contributed by atoms with E-state index in [4.69, 9.17) is 16.6 Å². The first-order valence-corrected chi connectivity index (χ1v) is 12.6. The van der Waals surface area contributed by atoms with Crippen LogP contribution < -0.4 is 5.32 Å². The van der Waals surface area contributed by atoms with Gasteiger partial charge >= 0.3 is 0 Å². The predicted molar refractivity (Wildman–Crippen MR) is 132 cm³/mol. The van der Waals surface area contributed by atoms with Crippen molar-refractivity contribution in [1.29, 1.82) is 0 Å². The van der Waals surface area contributed by atoms with E-state index in [1.54, 1.807) is 17.5 Å². The maximum absolute atomic E-state index is 6.45. The van der Waals surface area contributed by atoms with Crippen LogP contribution in [0.2, 0.25) is 5.02 Å². The van der Waals surface area contributed by atoms with Crippen molar-refractivity contribution >= 4 is 50.3 Å². The number of piperidine rings is 1. The van der Waals surface area contributed by atoms with E-state index in [2.05, 4.69) is 48.1 Å². The van der Waals surface area contributed by atoms with Crippen LogP contribution >= 0.6 is 38.9 Å². The summed E-state index contributed by atoms with van der Waals surface area (Å²) >= 11 is 11.8. The molecular weight excluding hydrogens is 494 g/mol. The monoisotopic (exact) mass is 515 g/mol. The van der Waals surface area contributed by atoms with Crippen LogP contribution in [0.15, 0.2) is 57.8 Å². The van der Waals surface area contributed by atoms with Crippen molar-refractivity contribution in [1.82, 2.24) is 19.5 Å². The Bertz CT molecular complexity index is 1180. The summed E-state index contributed by atoms with van der Waals surface area (Å²) in [4.78, 5) is 7.37. The predicted octanol–water partition coefficient (Wildman–Crippen LogP) is 6.20. The number of rotatable bonds is 6. The van der Waals surface area contributed by atoms with Crippen molar-refractivity contribution in [3.8, 4) is 11.3 Å². The molecule has 0 bridgehead atoms. The van der Waals surface area contributed by atoms with E-state index in [9.17, 15) is 0 Å². The van der Waals surface area contributed by atoms with E-state index in [0.29, 0.717) is 10.9 Å². The molecule has 0 spiro atoms. The van der Waals surface area contributed by atoms with Crippen molar-refractivity contribution < 1.29 is 0 Å². The summed E-state index contributed by atoms with van der Waals surface area (Å²) in [5, 5.41) is 13.3. The smallest absolute Gasteiger partial charge is 0.172 e. The molecule has 1 fully saturated rings. The van der Waals surface area contributed by atoms with Gasteiger partial charge in [-0.25, -0.2) is 4.98 Å². The molecule has 31 heavy (non-hydrogen) atoms. The molecule has 5 rings (SSSR count). The molecule has 1 atom stereocenters. The number of likely N-dealkylation sites (tertiary alicyclic amines) is 1. The summed E-state index contributed by atoms with van der Waals surface area (Å²) in [5.74, 6) is 1.53. The zero-order valence-corrected chi connectivity index (χ0v) is 20.1. The molecule has 1 unspecified atom stereocenters. The molecule has 0 radical (unpaired) electrons. The maximum atomic E-state index is 6.45. The topological polar surface area (TPSA) is 45.5 Å². The molecule has 1 aliphatic rings. The number of hydrogen-bond acceptors (Lipinski definition) is 5. The van der Waals surface area contributed by atoms with Crippen molar-refractivity contribution in [2.45, 2.75) is 19.4 Å². The van der Waals surface area contributed by atoms with Gasteiger partial charge in [0.05, 0.1) is 16.4 Å². The molecule has 0 saturated carbocycles. The summed E-state index contributed by atoms with van der Waals surface area (Å²) in [6.07, 6.45) is 4.26. The molecule has 1 aromatic carbocycles. The lowest BCUT2D eigenvalue weighted by atomic mass is 9.97. The molecule has 1 N–H and O–H groups in total. The molecular formula is C23H23BrClN5S.